The number of carbonyl (C=O) groups excluding carboxylic acids is 1. The SMILES string of the molecule is CC(C(=O)OCc1ccc(C#N)c(F)c1)c1cnc[nH]1. The minimum Gasteiger partial charge on any atom is -0.460 e. The van der Waals surface area contributed by atoms with Gasteiger partial charge in [0.05, 0.1) is 17.8 Å². The fourth-order valence-electron chi connectivity index (χ4n) is 1.65. The highest BCUT2D eigenvalue weighted by atomic mass is 19.1. The summed E-state index contributed by atoms with van der Waals surface area (Å²) in [5.41, 5.74) is 1.11. The first-order valence-corrected chi connectivity index (χ1v) is 5.95. The molecule has 0 aliphatic heterocycles. The lowest BCUT2D eigenvalue weighted by Gasteiger charge is -2.10. The summed E-state index contributed by atoms with van der Waals surface area (Å²) in [6, 6.07) is 5.83. The lowest BCUT2D eigenvalue weighted by Crippen LogP contribution is -2.13. The second-order valence-electron chi connectivity index (χ2n) is 4.26. The van der Waals surface area contributed by atoms with Gasteiger partial charge in [0.1, 0.15) is 18.5 Å². The molecule has 0 amide bonds. The van der Waals surface area contributed by atoms with Crippen molar-refractivity contribution < 1.29 is 13.9 Å². The van der Waals surface area contributed by atoms with E-state index < -0.39 is 17.7 Å². The van der Waals surface area contributed by atoms with Crippen LogP contribution in [0.2, 0.25) is 0 Å². The molecule has 0 aliphatic rings. The van der Waals surface area contributed by atoms with Gasteiger partial charge >= 0.3 is 5.97 Å². The van der Waals surface area contributed by atoms with Crippen LogP contribution in [0, 0.1) is 17.1 Å². The molecule has 5 nitrogen and oxygen atoms in total. The van der Waals surface area contributed by atoms with E-state index in [1.807, 2.05) is 0 Å². The van der Waals surface area contributed by atoms with Crippen LogP contribution in [0.1, 0.15) is 29.7 Å². The van der Waals surface area contributed by atoms with Crippen LogP contribution in [0.5, 0.6) is 0 Å². The second-order valence-corrected chi connectivity index (χ2v) is 4.26. The van der Waals surface area contributed by atoms with Crippen molar-refractivity contribution in [1.29, 1.82) is 5.26 Å². The van der Waals surface area contributed by atoms with Crippen molar-refractivity contribution >= 4 is 5.97 Å². The van der Waals surface area contributed by atoms with Gasteiger partial charge in [-0.2, -0.15) is 5.26 Å². The molecule has 0 bridgehead atoms. The number of hydrogen-bond donors (Lipinski definition) is 1. The third-order valence-corrected chi connectivity index (χ3v) is 2.87. The summed E-state index contributed by atoms with van der Waals surface area (Å²) >= 11 is 0. The van der Waals surface area contributed by atoms with Crippen molar-refractivity contribution in [2.45, 2.75) is 19.4 Å². The molecule has 2 aromatic rings. The van der Waals surface area contributed by atoms with Gasteiger partial charge in [-0.25, -0.2) is 9.37 Å². The quantitative estimate of drug-likeness (QED) is 0.867. The zero-order chi connectivity index (χ0) is 14.5. The normalized spacial score (nSPS) is 11.7. The smallest absolute Gasteiger partial charge is 0.315 e. The topological polar surface area (TPSA) is 78.8 Å². The lowest BCUT2D eigenvalue weighted by atomic mass is 10.1. The molecule has 0 fully saturated rings. The van der Waals surface area contributed by atoms with Crippen LogP contribution < -0.4 is 0 Å². The Morgan fingerprint density at radius 1 is 1.60 bits per heavy atom. The Morgan fingerprint density at radius 2 is 2.40 bits per heavy atom. The highest BCUT2D eigenvalue weighted by Gasteiger charge is 2.18. The number of nitrogens with zero attached hydrogens (tertiary/aromatic N) is 2. The molecule has 1 atom stereocenters. The van der Waals surface area contributed by atoms with Crippen LogP contribution in [-0.2, 0) is 16.1 Å². The summed E-state index contributed by atoms with van der Waals surface area (Å²) in [5, 5.41) is 8.62. The summed E-state index contributed by atoms with van der Waals surface area (Å²) < 4.78 is 18.5. The van der Waals surface area contributed by atoms with Crippen LogP contribution >= 0.6 is 0 Å². The summed E-state index contributed by atoms with van der Waals surface area (Å²) in [7, 11) is 0. The molecule has 1 aromatic carbocycles. The summed E-state index contributed by atoms with van der Waals surface area (Å²) in [6.07, 6.45) is 3.03. The second kappa shape index (κ2) is 5.97. The van der Waals surface area contributed by atoms with Gasteiger partial charge in [0.15, 0.2) is 0 Å². The van der Waals surface area contributed by atoms with Gasteiger partial charge in [-0.3, -0.25) is 4.79 Å². The van der Waals surface area contributed by atoms with E-state index in [4.69, 9.17) is 10.00 Å². The minimum atomic E-state index is -0.623. The molecule has 20 heavy (non-hydrogen) atoms. The van der Waals surface area contributed by atoms with Crippen molar-refractivity contribution in [3.05, 3.63) is 53.4 Å². The van der Waals surface area contributed by atoms with Crippen LogP contribution in [0.4, 0.5) is 4.39 Å². The number of benzene rings is 1. The van der Waals surface area contributed by atoms with Gasteiger partial charge in [0.25, 0.3) is 0 Å². The number of aromatic amines is 1. The van der Waals surface area contributed by atoms with Crippen LogP contribution in [-0.4, -0.2) is 15.9 Å². The van der Waals surface area contributed by atoms with Crippen LogP contribution in [0.15, 0.2) is 30.7 Å². The van der Waals surface area contributed by atoms with Crippen molar-refractivity contribution in [2.75, 3.05) is 0 Å². The highest BCUT2D eigenvalue weighted by Crippen LogP contribution is 2.15. The number of ether oxygens (including phenoxy) is 1. The molecular weight excluding hydrogens is 261 g/mol. The molecule has 0 aliphatic carbocycles. The maximum Gasteiger partial charge on any atom is 0.315 e. The van der Waals surface area contributed by atoms with Gasteiger partial charge < -0.3 is 9.72 Å². The first kappa shape index (κ1) is 13.7. The molecule has 102 valence electrons. The Morgan fingerprint density at radius 3 is 3.00 bits per heavy atom. The highest BCUT2D eigenvalue weighted by molar-refractivity contribution is 5.76. The van der Waals surface area contributed by atoms with Crippen LogP contribution in [0.3, 0.4) is 0 Å². The average molecular weight is 273 g/mol. The summed E-state index contributed by atoms with van der Waals surface area (Å²) in [5.74, 6) is -1.53. The van der Waals surface area contributed by atoms with Gasteiger partial charge in [-0.05, 0) is 24.6 Å². The Bertz CT molecular complexity index is 647. The molecule has 0 spiro atoms. The molecule has 2 rings (SSSR count). The maximum atomic E-state index is 13.4. The summed E-state index contributed by atoms with van der Waals surface area (Å²) in [6.45, 7) is 1.65. The first-order valence-electron chi connectivity index (χ1n) is 5.95. The zero-order valence-electron chi connectivity index (χ0n) is 10.8. The van der Waals surface area contributed by atoms with Crippen molar-refractivity contribution in [1.82, 2.24) is 9.97 Å². The van der Waals surface area contributed by atoms with Crippen molar-refractivity contribution in [2.24, 2.45) is 0 Å². The Kier molecular flexibility index (Phi) is 4.11. The van der Waals surface area contributed by atoms with E-state index in [2.05, 4.69) is 9.97 Å². The molecule has 1 heterocycles. The fourth-order valence-corrected chi connectivity index (χ4v) is 1.65. The Labute approximate surface area is 115 Å². The molecular formula is C14H12FN3O2. The van der Waals surface area contributed by atoms with E-state index in [0.29, 0.717) is 11.3 Å². The number of nitrogens with one attached hydrogen (secondary N) is 1. The fraction of sp³-hybridized carbons (Fsp3) is 0.214. The number of carbonyl (C=O) groups is 1. The largest absolute Gasteiger partial charge is 0.460 e. The minimum absolute atomic E-state index is 0.0362. The number of imidazole rings is 1. The predicted molar refractivity (Wildman–Crippen MR) is 67.9 cm³/mol. The monoisotopic (exact) mass is 273 g/mol. The number of halogens is 1. The van der Waals surface area contributed by atoms with Crippen LogP contribution in [0.25, 0.3) is 0 Å². The molecule has 6 heteroatoms. The number of hydrogen-bond acceptors (Lipinski definition) is 4. The van der Waals surface area contributed by atoms with Gasteiger partial charge in [-0.15, -0.1) is 0 Å². The number of esters is 1. The standard InChI is InChI=1S/C14H12FN3O2/c1-9(13-6-17-8-18-13)14(19)20-7-10-2-3-11(5-16)12(15)4-10/h2-4,6,8-9H,7H2,1H3,(H,17,18). The van der Waals surface area contributed by atoms with E-state index in [-0.39, 0.29) is 12.2 Å². The lowest BCUT2D eigenvalue weighted by molar-refractivity contribution is -0.146. The van der Waals surface area contributed by atoms with Gasteiger partial charge in [-0.1, -0.05) is 6.07 Å². The molecule has 0 radical (unpaired) electrons. The zero-order valence-corrected chi connectivity index (χ0v) is 10.8. The van der Waals surface area contributed by atoms with E-state index in [1.165, 1.54) is 18.5 Å². The van der Waals surface area contributed by atoms with E-state index in [0.717, 1.165) is 0 Å². The Balaban J connectivity index is 1.97. The molecule has 0 saturated carbocycles. The maximum absolute atomic E-state index is 13.4. The first-order chi connectivity index (χ1) is 9.61. The number of aromatic nitrogens is 2. The van der Waals surface area contributed by atoms with Crippen molar-refractivity contribution in [3.8, 4) is 6.07 Å². The molecule has 1 unspecified atom stereocenters. The Hall–Kier alpha value is -2.68. The number of rotatable bonds is 4. The van der Waals surface area contributed by atoms with Gasteiger partial charge in [0, 0.05) is 11.9 Å². The van der Waals surface area contributed by atoms with E-state index in [9.17, 15) is 9.18 Å². The molecule has 1 N–H and O–H groups in total. The third kappa shape index (κ3) is 3.01. The molecule has 0 saturated heterocycles. The van der Waals surface area contributed by atoms with E-state index in [1.54, 1.807) is 25.3 Å². The number of H-pyrrole nitrogens is 1. The van der Waals surface area contributed by atoms with Crippen molar-refractivity contribution in [3.63, 3.8) is 0 Å². The summed E-state index contributed by atoms with van der Waals surface area (Å²) in [4.78, 5) is 18.5. The average Bonchev–Trinajstić information content (AvgIpc) is 2.98. The van der Waals surface area contributed by atoms with E-state index >= 15 is 0 Å². The molecule has 1 aromatic heterocycles. The van der Waals surface area contributed by atoms with Gasteiger partial charge in [0.2, 0.25) is 0 Å². The number of nitriles is 1. The predicted octanol–water partition coefficient (Wildman–Crippen LogP) is 2.27. The third-order valence-electron chi connectivity index (χ3n) is 2.87.